The number of ketones is 2. The number of Topliss-reactive ketones (excluding diaryl/α,β-unsaturated/α-hetero) is 1. The first-order valence-corrected chi connectivity index (χ1v) is 6.47. The predicted octanol–water partition coefficient (Wildman–Crippen LogP) is 1.59. The molecule has 0 unspecified atom stereocenters. The number of hydrogen-bond acceptors (Lipinski definition) is 4. The molecule has 2 bridgehead atoms. The molecule has 0 aromatic carbocycles. The van der Waals surface area contributed by atoms with Gasteiger partial charge in [0.1, 0.15) is 17.1 Å². The van der Waals surface area contributed by atoms with Crippen LogP contribution in [0.1, 0.15) is 33.1 Å². The van der Waals surface area contributed by atoms with Gasteiger partial charge in [0.25, 0.3) is 0 Å². The molecule has 4 rings (SSSR count). The highest BCUT2D eigenvalue weighted by Gasteiger charge is 2.72. The molecule has 2 spiro atoms. The molecule has 18 heavy (non-hydrogen) atoms. The summed E-state index contributed by atoms with van der Waals surface area (Å²) >= 11 is 0. The molecule has 2 saturated carbocycles. The number of allylic oxidation sites excluding steroid dienone is 1. The van der Waals surface area contributed by atoms with E-state index in [0.717, 1.165) is 6.42 Å². The summed E-state index contributed by atoms with van der Waals surface area (Å²) in [6.45, 7) is 4.17. The van der Waals surface area contributed by atoms with Gasteiger partial charge >= 0.3 is 0 Å². The van der Waals surface area contributed by atoms with E-state index >= 15 is 0 Å². The van der Waals surface area contributed by atoms with E-state index in [1.807, 2.05) is 13.8 Å². The molecule has 3 fully saturated rings. The molecule has 4 aliphatic rings. The Morgan fingerprint density at radius 2 is 2.11 bits per heavy atom. The van der Waals surface area contributed by atoms with Crippen molar-refractivity contribution in [2.75, 3.05) is 6.79 Å². The Bertz CT molecular complexity index is 518. The molecule has 3 atom stereocenters. The normalized spacial score (nSPS) is 47.7. The van der Waals surface area contributed by atoms with Crippen LogP contribution in [0, 0.1) is 16.7 Å². The zero-order chi connectivity index (χ0) is 12.8. The van der Waals surface area contributed by atoms with E-state index in [2.05, 4.69) is 0 Å². The van der Waals surface area contributed by atoms with E-state index in [1.165, 1.54) is 0 Å². The van der Waals surface area contributed by atoms with Crippen molar-refractivity contribution in [3.05, 3.63) is 11.8 Å². The van der Waals surface area contributed by atoms with Gasteiger partial charge < -0.3 is 9.47 Å². The molecule has 96 valence electrons. The molecule has 4 nitrogen and oxygen atoms in total. The Morgan fingerprint density at radius 1 is 1.33 bits per heavy atom. The van der Waals surface area contributed by atoms with Crippen molar-refractivity contribution in [2.24, 2.45) is 16.7 Å². The number of carbonyl (C=O) groups is 2. The Morgan fingerprint density at radius 3 is 2.89 bits per heavy atom. The summed E-state index contributed by atoms with van der Waals surface area (Å²) in [5.41, 5.74) is -1.36. The number of carbonyl (C=O) groups excluding carboxylic acids is 2. The average Bonchev–Trinajstić information content (AvgIpc) is 2.86. The van der Waals surface area contributed by atoms with E-state index in [0.29, 0.717) is 18.6 Å². The fraction of sp³-hybridized carbons (Fsp3) is 0.714. The fourth-order valence-corrected chi connectivity index (χ4v) is 4.56. The van der Waals surface area contributed by atoms with Crippen LogP contribution in [0.2, 0.25) is 0 Å². The van der Waals surface area contributed by atoms with E-state index in [1.54, 1.807) is 6.08 Å². The lowest BCUT2D eigenvalue weighted by atomic mass is 9.69. The summed E-state index contributed by atoms with van der Waals surface area (Å²) in [7, 11) is 0. The zero-order valence-corrected chi connectivity index (χ0v) is 10.6. The Hall–Kier alpha value is -1.16. The third-order valence-corrected chi connectivity index (χ3v) is 5.62. The monoisotopic (exact) mass is 248 g/mol. The van der Waals surface area contributed by atoms with Crippen LogP contribution >= 0.6 is 0 Å². The molecule has 0 aromatic heterocycles. The maximum absolute atomic E-state index is 12.5. The van der Waals surface area contributed by atoms with Crippen LogP contribution < -0.4 is 0 Å². The molecule has 3 aliphatic carbocycles. The van der Waals surface area contributed by atoms with Gasteiger partial charge in [-0.25, -0.2) is 0 Å². The van der Waals surface area contributed by atoms with Gasteiger partial charge in [-0.2, -0.15) is 0 Å². The Labute approximate surface area is 105 Å². The van der Waals surface area contributed by atoms with Crippen LogP contribution in [0.4, 0.5) is 0 Å². The van der Waals surface area contributed by atoms with Crippen molar-refractivity contribution in [1.29, 1.82) is 0 Å². The fourth-order valence-electron chi connectivity index (χ4n) is 4.56. The van der Waals surface area contributed by atoms with Gasteiger partial charge in [-0.1, -0.05) is 13.8 Å². The average molecular weight is 248 g/mol. The van der Waals surface area contributed by atoms with Crippen molar-refractivity contribution < 1.29 is 19.1 Å². The Balaban J connectivity index is 1.91. The summed E-state index contributed by atoms with van der Waals surface area (Å²) in [5, 5.41) is 0. The van der Waals surface area contributed by atoms with Crippen molar-refractivity contribution >= 4 is 11.6 Å². The predicted molar refractivity (Wildman–Crippen MR) is 61.4 cm³/mol. The highest BCUT2D eigenvalue weighted by atomic mass is 16.7. The minimum absolute atomic E-state index is 0.0695. The second-order valence-corrected chi connectivity index (χ2v) is 6.68. The van der Waals surface area contributed by atoms with Crippen LogP contribution in [-0.4, -0.2) is 24.0 Å². The first-order chi connectivity index (χ1) is 8.41. The van der Waals surface area contributed by atoms with Gasteiger partial charge in [-0.3, -0.25) is 9.59 Å². The number of hydrogen-bond donors (Lipinski definition) is 0. The minimum Gasteiger partial charge on any atom is -0.469 e. The van der Waals surface area contributed by atoms with Gasteiger partial charge in [-0.05, 0) is 18.8 Å². The topological polar surface area (TPSA) is 52.6 Å². The largest absolute Gasteiger partial charge is 0.469 e. The summed E-state index contributed by atoms with van der Waals surface area (Å²) in [6, 6.07) is 0. The molecule has 0 radical (unpaired) electrons. The maximum atomic E-state index is 12.5. The van der Waals surface area contributed by atoms with E-state index < -0.39 is 16.4 Å². The standard InChI is InChI=1S/C14H16O4/c1-12(2)8-4-14-6-13(8,5-10(12)16)9(15)3-11(14)17-7-18-14/h3,8H,4-7H2,1-2H3/t8-,13-,14+/m1/s1. The van der Waals surface area contributed by atoms with Crippen molar-refractivity contribution in [3.63, 3.8) is 0 Å². The van der Waals surface area contributed by atoms with E-state index in [-0.39, 0.29) is 24.3 Å². The van der Waals surface area contributed by atoms with E-state index in [4.69, 9.17) is 9.47 Å². The number of ether oxygens (including phenoxy) is 2. The van der Waals surface area contributed by atoms with Crippen molar-refractivity contribution in [3.8, 4) is 0 Å². The van der Waals surface area contributed by atoms with Crippen LogP contribution in [0.25, 0.3) is 0 Å². The molecule has 0 amide bonds. The van der Waals surface area contributed by atoms with Gasteiger partial charge in [-0.15, -0.1) is 0 Å². The lowest BCUT2D eigenvalue weighted by molar-refractivity contribution is -0.129. The SMILES string of the molecule is CC1(C)C(=O)C[C@@]23C[C@]4(C[C@H]12)OCOC4=CC3=O. The van der Waals surface area contributed by atoms with Crippen molar-refractivity contribution in [2.45, 2.75) is 38.7 Å². The second kappa shape index (κ2) is 2.72. The molecule has 4 heteroatoms. The van der Waals surface area contributed by atoms with Gasteiger partial charge in [0.05, 0.1) is 0 Å². The van der Waals surface area contributed by atoms with Crippen LogP contribution in [0.3, 0.4) is 0 Å². The lowest BCUT2D eigenvalue weighted by Gasteiger charge is -2.32. The molecule has 1 heterocycles. The smallest absolute Gasteiger partial charge is 0.189 e. The minimum atomic E-state index is -0.516. The molecular formula is C14H16O4. The van der Waals surface area contributed by atoms with E-state index in [9.17, 15) is 9.59 Å². The summed E-state index contributed by atoms with van der Waals surface area (Å²) in [4.78, 5) is 24.7. The van der Waals surface area contributed by atoms with Crippen molar-refractivity contribution in [1.82, 2.24) is 0 Å². The first-order valence-electron chi connectivity index (χ1n) is 6.47. The van der Waals surface area contributed by atoms with Gasteiger partial charge in [0.15, 0.2) is 12.6 Å². The summed E-state index contributed by atoms with van der Waals surface area (Å²) in [5.74, 6) is 1.06. The third kappa shape index (κ3) is 0.912. The summed E-state index contributed by atoms with van der Waals surface area (Å²) in [6.07, 6.45) is 3.33. The first kappa shape index (κ1) is 10.7. The molecule has 1 saturated heterocycles. The summed E-state index contributed by atoms with van der Waals surface area (Å²) < 4.78 is 11.2. The van der Waals surface area contributed by atoms with Crippen LogP contribution in [0.15, 0.2) is 11.8 Å². The zero-order valence-electron chi connectivity index (χ0n) is 10.6. The molecule has 0 aromatic rings. The van der Waals surface area contributed by atoms with Gasteiger partial charge in [0.2, 0.25) is 0 Å². The molecule has 1 aliphatic heterocycles. The quantitative estimate of drug-likeness (QED) is 0.653. The number of rotatable bonds is 0. The lowest BCUT2D eigenvalue weighted by Crippen LogP contribution is -2.38. The Kier molecular flexibility index (Phi) is 1.62. The van der Waals surface area contributed by atoms with Crippen LogP contribution in [-0.2, 0) is 19.1 Å². The highest BCUT2D eigenvalue weighted by Crippen LogP contribution is 2.68. The highest BCUT2D eigenvalue weighted by molar-refractivity contribution is 6.04. The third-order valence-electron chi connectivity index (χ3n) is 5.62. The molecular weight excluding hydrogens is 232 g/mol. The van der Waals surface area contributed by atoms with Crippen LogP contribution in [0.5, 0.6) is 0 Å². The van der Waals surface area contributed by atoms with Gasteiger partial charge in [0, 0.05) is 23.3 Å². The molecule has 0 N–H and O–H groups in total. The maximum Gasteiger partial charge on any atom is 0.189 e. The second-order valence-electron chi connectivity index (χ2n) is 6.68.